The summed E-state index contributed by atoms with van der Waals surface area (Å²) in [5.41, 5.74) is 2.15. The number of hydrogen-bond acceptors (Lipinski definition) is 4. The van der Waals surface area contributed by atoms with Gasteiger partial charge >= 0.3 is 0 Å². The largest absolute Gasteiger partial charge is 0.349 e. The van der Waals surface area contributed by atoms with E-state index < -0.39 is 0 Å². The Balaban J connectivity index is 1.81. The number of benzene rings is 1. The molecule has 1 aromatic carbocycles. The Kier molecular flexibility index (Phi) is 5.26. The van der Waals surface area contributed by atoms with Gasteiger partial charge in [-0.1, -0.05) is 30.3 Å². The summed E-state index contributed by atoms with van der Waals surface area (Å²) >= 11 is 1.64. The second kappa shape index (κ2) is 7.17. The van der Waals surface area contributed by atoms with Crippen molar-refractivity contribution in [2.75, 3.05) is 20.6 Å². The van der Waals surface area contributed by atoms with Gasteiger partial charge in [-0.3, -0.25) is 4.79 Å². The summed E-state index contributed by atoms with van der Waals surface area (Å²) in [7, 11) is 3.55. The van der Waals surface area contributed by atoms with Crippen LogP contribution in [0.4, 0.5) is 0 Å². The van der Waals surface area contributed by atoms with E-state index in [1.165, 1.54) is 0 Å². The number of amides is 1. The van der Waals surface area contributed by atoms with E-state index in [1.54, 1.807) is 30.3 Å². The number of rotatable bonds is 6. The molecule has 0 aliphatic carbocycles. The van der Waals surface area contributed by atoms with Crippen molar-refractivity contribution in [2.24, 2.45) is 0 Å². The third-order valence-corrected chi connectivity index (χ3v) is 3.76. The second-order valence-corrected chi connectivity index (χ2v) is 5.65. The average Bonchev–Trinajstić information content (AvgIpc) is 2.93. The van der Waals surface area contributed by atoms with Crippen molar-refractivity contribution in [3.05, 3.63) is 40.7 Å². The number of carbonyl (C=O) groups is 1. The Bertz CT molecular complexity index is 551. The van der Waals surface area contributed by atoms with E-state index in [1.807, 2.05) is 18.2 Å². The van der Waals surface area contributed by atoms with Crippen LogP contribution in [-0.4, -0.2) is 36.4 Å². The molecule has 0 atom stereocenters. The molecule has 1 N–H and O–H groups in total. The molecule has 0 fully saturated rings. The summed E-state index contributed by atoms with van der Waals surface area (Å²) in [6.07, 6.45) is 0.518. The summed E-state index contributed by atoms with van der Waals surface area (Å²) in [5, 5.41) is 6.36. The van der Waals surface area contributed by atoms with Crippen molar-refractivity contribution < 1.29 is 4.79 Å². The van der Waals surface area contributed by atoms with Gasteiger partial charge in [0, 0.05) is 44.5 Å². The molecule has 0 bridgehead atoms. The van der Waals surface area contributed by atoms with Crippen LogP contribution in [0.1, 0.15) is 11.4 Å². The molecule has 0 radical (unpaired) electrons. The maximum atomic E-state index is 11.4. The van der Waals surface area contributed by atoms with Gasteiger partial charge in [0.25, 0.3) is 0 Å². The summed E-state index contributed by atoms with van der Waals surface area (Å²) < 4.78 is 0. The zero-order valence-corrected chi connectivity index (χ0v) is 12.6. The molecule has 106 valence electrons. The Morgan fingerprint density at radius 3 is 2.75 bits per heavy atom. The lowest BCUT2D eigenvalue weighted by atomic mass is 10.2. The molecule has 1 amide bonds. The Morgan fingerprint density at radius 2 is 2.05 bits per heavy atom. The van der Waals surface area contributed by atoms with E-state index in [0.717, 1.165) is 16.3 Å². The van der Waals surface area contributed by atoms with Crippen LogP contribution in [0.2, 0.25) is 0 Å². The second-order valence-electron chi connectivity index (χ2n) is 4.71. The van der Waals surface area contributed by atoms with E-state index in [-0.39, 0.29) is 5.91 Å². The summed E-state index contributed by atoms with van der Waals surface area (Å²) in [5.74, 6) is 0.140. The lowest BCUT2D eigenvalue weighted by molar-refractivity contribution is -0.128. The van der Waals surface area contributed by atoms with Crippen molar-refractivity contribution in [3.63, 3.8) is 0 Å². The highest BCUT2D eigenvalue weighted by atomic mass is 32.1. The SMILES string of the molecule is CN(C)C(=O)CCNCc1nc(-c2ccccc2)cs1. The summed E-state index contributed by atoms with van der Waals surface area (Å²) in [6, 6.07) is 10.1. The first-order valence-electron chi connectivity index (χ1n) is 6.57. The molecule has 4 nitrogen and oxygen atoms in total. The van der Waals surface area contributed by atoms with Crippen LogP contribution in [-0.2, 0) is 11.3 Å². The zero-order chi connectivity index (χ0) is 14.4. The first kappa shape index (κ1) is 14.7. The fourth-order valence-corrected chi connectivity index (χ4v) is 2.52. The molecular formula is C15H19N3OS. The van der Waals surface area contributed by atoms with E-state index in [2.05, 4.69) is 27.8 Å². The van der Waals surface area contributed by atoms with Crippen molar-refractivity contribution >= 4 is 17.2 Å². The standard InChI is InChI=1S/C15H19N3OS/c1-18(2)15(19)8-9-16-10-14-17-13(11-20-14)12-6-4-3-5-7-12/h3-7,11,16H,8-10H2,1-2H3. The highest BCUT2D eigenvalue weighted by Gasteiger charge is 2.05. The molecule has 0 unspecified atom stereocenters. The molecule has 2 rings (SSSR count). The molecule has 1 heterocycles. The van der Waals surface area contributed by atoms with E-state index >= 15 is 0 Å². The fraction of sp³-hybridized carbons (Fsp3) is 0.333. The van der Waals surface area contributed by atoms with Gasteiger partial charge in [-0.2, -0.15) is 0 Å². The Morgan fingerprint density at radius 1 is 1.30 bits per heavy atom. The Hall–Kier alpha value is -1.72. The zero-order valence-electron chi connectivity index (χ0n) is 11.8. The third kappa shape index (κ3) is 4.15. The van der Waals surface area contributed by atoms with Crippen LogP contribution >= 0.6 is 11.3 Å². The average molecular weight is 289 g/mol. The molecule has 0 saturated carbocycles. The molecule has 5 heteroatoms. The minimum Gasteiger partial charge on any atom is -0.349 e. The van der Waals surface area contributed by atoms with Crippen LogP contribution in [0.3, 0.4) is 0 Å². The van der Waals surface area contributed by atoms with Gasteiger partial charge < -0.3 is 10.2 Å². The minimum absolute atomic E-state index is 0.140. The summed E-state index contributed by atoms with van der Waals surface area (Å²) in [4.78, 5) is 17.6. The van der Waals surface area contributed by atoms with Crippen LogP contribution in [0.15, 0.2) is 35.7 Å². The molecule has 2 aromatic rings. The molecule has 0 aliphatic rings. The lowest BCUT2D eigenvalue weighted by Crippen LogP contribution is -2.26. The predicted molar refractivity (Wildman–Crippen MR) is 82.6 cm³/mol. The first-order valence-corrected chi connectivity index (χ1v) is 7.45. The van der Waals surface area contributed by atoms with Gasteiger partial charge in [0.05, 0.1) is 5.69 Å². The number of carbonyl (C=O) groups excluding carboxylic acids is 1. The quantitative estimate of drug-likeness (QED) is 0.831. The minimum atomic E-state index is 0.140. The van der Waals surface area contributed by atoms with Gasteiger partial charge in [-0.25, -0.2) is 4.98 Å². The fourth-order valence-electron chi connectivity index (χ4n) is 1.75. The number of hydrogen-bond donors (Lipinski definition) is 1. The van der Waals surface area contributed by atoms with Crippen LogP contribution < -0.4 is 5.32 Å². The molecule has 1 aromatic heterocycles. The molecule has 0 spiro atoms. The smallest absolute Gasteiger partial charge is 0.223 e. The van der Waals surface area contributed by atoms with Crippen LogP contribution in [0.5, 0.6) is 0 Å². The molecular weight excluding hydrogens is 270 g/mol. The van der Waals surface area contributed by atoms with Gasteiger partial charge in [-0.15, -0.1) is 11.3 Å². The van der Waals surface area contributed by atoms with Gasteiger partial charge in [0.1, 0.15) is 5.01 Å². The monoisotopic (exact) mass is 289 g/mol. The predicted octanol–water partition coefficient (Wildman–Crippen LogP) is 2.38. The number of nitrogens with one attached hydrogen (secondary N) is 1. The maximum Gasteiger partial charge on any atom is 0.223 e. The van der Waals surface area contributed by atoms with Crippen molar-refractivity contribution in [2.45, 2.75) is 13.0 Å². The number of thiazole rings is 1. The van der Waals surface area contributed by atoms with E-state index in [9.17, 15) is 4.79 Å². The highest BCUT2D eigenvalue weighted by Crippen LogP contribution is 2.21. The van der Waals surface area contributed by atoms with Crippen LogP contribution in [0, 0.1) is 0 Å². The first-order chi connectivity index (χ1) is 9.66. The normalized spacial score (nSPS) is 10.5. The van der Waals surface area contributed by atoms with Crippen molar-refractivity contribution in [1.29, 1.82) is 0 Å². The topological polar surface area (TPSA) is 45.2 Å². The van der Waals surface area contributed by atoms with E-state index in [0.29, 0.717) is 19.5 Å². The molecule has 20 heavy (non-hydrogen) atoms. The number of aromatic nitrogens is 1. The van der Waals surface area contributed by atoms with Crippen molar-refractivity contribution in [1.82, 2.24) is 15.2 Å². The van der Waals surface area contributed by atoms with Gasteiger partial charge in [0.15, 0.2) is 0 Å². The van der Waals surface area contributed by atoms with Crippen molar-refractivity contribution in [3.8, 4) is 11.3 Å². The number of nitrogens with zero attached hydrogens (tertiary/aromatic N) is 2. The van der Waals surface area contributed by atoms with Gasteiger partial charge in [-0.05, 0) is 0 Å². The lowest BCUT2D eigenvalue weighted by Gasteiger charge is -2.09. The molecule has 0 aliphatic heterocycles. The van der Waals surface area contributed by atoms with E-state index in [4.69, 9.17) is 0 Å². The van der Waals surface area contributed by atoms with Gasteiger partial charge in [0.2, 0.25) is 5.91 Å². The van der Waals surface area contributed by atoms with Crippen LogP contribution in [0.25, 0.3) is 11.3 Å². The third-order valence-electron chi connectivity index (χ3n) is 2.91. The highest BCUT2D eigenvalue weighted by molar-refractivity contribution is 7.09. The molecule has 0 saturated heterocycles. The summed E-state index contributed by atoms with van der Waals surface area (Å²) in [6.45, 7) is 1.38. The Labute approximate surface area is 123 Å². The maximum absolute atomic E-state index is 11.4.